The van der Waals surface area contributed by atoms with Crippen LogP contribution in [0.2, 0.25) is 0 Å². The van der Waals surface area contributed by atoms with Gasteiger partial charge >= 0.3 is 6.18 Å². The molecule has 0 fully saturated rings. The van der Waals surface area contributed by atoms with Crippen LogP contribution in [0.4, 0.5) is 17.6 Å². The fraction of sp³-hybridized carbons (Fsp3) is 0.333. The third kappa shape index (κ3) is 9.99. The number of guanidine groups is 1. The van der Waals surface area contributed by atoms with Gasteiger partial charge in [0.05, 0.1) is 12.0 Å². The van der Waals surface area contributed by atoms with Crippen molar-refractivity contribution < 1.29 is 22.4 Å². The molecule has 0 aliphatic heterocycles. The largest absolute Gasteiger partial charge is 0.416 e. The van der Waals surface area contributed by atoms with Crippen molar-refractivity contribution in [1.82, 2.24) is 16.0 Å². The zero-order valence-corrected chi connectivity index (χ0v) is 19.3. The van der Waals surface area contributed by atoms with Gasteiger partial charge in [-0.3, -0.25) is 9.79 Å². The number of rotatable bonds is 8. The van der Waals surface area contributed by atoms with Crippen LogP contribution in [0.3, 0.4) is 0 Å². The number of carbonyl (C=O) groups is 1. The van der Waals surface area contributed by atoms with Crippen LogP contribution in [-0.4, -0.2) is 38.5 Å². The van der Waals surface area contributed by atoms with Gasteiger partial charge in [-0.25, -0.2) is 4.39 Å². The third-order valence-electron chi connectivity index (χ3n) is 4.23. The second-order valence-corrected chi connectivity index (χ2v) is 6.52. The van der Waals surface area contributed by atoms with E-state index in [2.05, 4.69) is 20.9 Å². The first kappa shape index (κ1) is 26.7. The molecule has 2 aromatic rings. The van der Waals surface area contributed by atoms with E-state index in [0.717, 1.165) is 23.3 Å². The molecule has 0 aliphatic rings. The summed E-state index contributed by atoms with van der Waals surface area (Å²) < 4.78 is 50.6. The number of amides is 1. The molecule has 31 heavy (non-hydrogen) atoms. The second kappa shape index (κ2) is 13.1. The Bertz CT molecular complexity index is 840. The van der Waals surface area contributed by atoms with Gasteiger partial charge in [-0.1, -0.05) is 24.3 Å². The van der Waals surface area contributed by atoms with Crippen LogP contribution >= 0.6 is 24.0 Å². The fourth-order valence-electron chi connectivity index (χ4n) is 2.64. The highest BCUT2D eigenvalue weighted by atomic mass is 127. The molecule has 3 N–H and O–H groups in total. The smallest absolute Gasteiger partial charge is 0.356 e. The van der Waals surface area contributed by atoms with Crippen molar-refractivity contribution in [3.05, 3.63) is 71.0 Å². The van der Waals surface area contributed by atoms with Crippen molar-refractivity contribution in [3.63, 3.8) is 0 Å². The first-order chi connectivity index (χ1) is 14.3. The van der Waals surface area contributed by atoms with Gasteiger partial charge in [-0.15, -0.1) is 24.0 Å². The number of hydrogen-bond acceptors (Lipinski definition) is 2. The van der Waals surface area contributed by atoms with Gasteiger partial charge in [0, 0.05) is 26.7 Å². The maximum absolute atomic E-state index is 12.9. The van der Waals surface area contributed by atoms with Gasteiger partial charge < -0.3 is 16.0 Å². The maximum atomic E-state index is 12.9. The molecule has 10 heteroatoms. The Morgan fingerprint density at radius 3 is 2.00 bits per heavy atom. The molecule has 5 nitrogen and oxygen atoms in total. The maximum Gasteiger partial charge on any atom is 0.416 e. The Hall–Kier alpha value is -2.37. The summed E-state index contributed by atoms with van der Waals surface area (Å²) in [5, 5.41) is 8.86. The molecule has 0 aromatic heterocycles. The predicted molar refractivity (Wildman–Crippen MR) is 123 cm³/mol. The fourth-order valence-corrected chi connectivity index (χ4v) is 2.64. The van der Waals surface area contributed by atoms with Crippen LogP contribution in [-0.2, 0) is 23.8 Å². The predicted octanol–water partition coefficient (Wildman–Crippen LogP) is 3.53. The van der Waals surface area contributed by atoms with Crippen molar-refractivity contribution >= 4 is 35.8 Å². The van der Waals surface area contributed by atoms with Crippen LogP contribution < -0.4 is 16.0 Å². The number of halogens is 5. The van der Waals surface area contributed by atoms with E-state index >= 15 is 0 Å². The van der Waals surface area contributed by atoms with E-state index in [4.69, 9.17) is 0 Å². The molecule has 0 saturated carbocycles. The Labute approximate surface area is 195 Å². The molecule has 0 radical (unpaired) electrons. The average molecular weight is 552 g/mol. The lowest BCUT2D eigenvalue weighted by Crippen LogP contribution is -2.42. The van der Waals surface area contributed by atoms with E-state index < -0.39 is 11.7 Å². The van der Waals surface area contributed by atoms with Crippen LogP contribution in [0.1, 0.15) is 16.7 Å². The van der Waals surface area contributed by atoms with E-state index in [-0.39, 0.29) is 42.1 Å². The Balaban J connectivity index is 0.00000480. The summed E-state index contributed by atoms with van der Waals surface area (Å²) in [6.45, 7) is 1.30. The normalized spacial score (nSPS) is 11.5. The summed E-state index contributed by atoms with van der Waals surface area (Å²) in [6.07, 6.45) is -3.63. The number of hydrogen-bond donors (Lipinski definition) is 3. The quantitative estimate of drug-likeness (QED) is 0.155. The minimum absolute atomic E-state index is 0. The summed E-state index contributed by atoms with van der Waals surface area (Å²) in [7, 11) is 1.60. The second-order valence-electron chi connectivity index (χ2n) is 6.52. The molecule has 1 amide bonds. The summed E-state index contributed by atoms with van der Waals surface area (Å²) in [5.74, 6) is 0.00363. The third-order valence-corrected chi connectivity index (χ3v) is 4.23. The van der Waals surface area contributed by atoms with Gasteiger partial charge in [0.1, 0.15) is 5.82 Å². The van der Waals surface area contributed by atoms with Crippen LogP contribution in [0, 0.1) is 5.82 Å². The van der Waals surface area contributed by atoms with Gasteiger partial charge in [-0.05, 0) is 41.8 Å². The van der Waals surface area contributed by atoms with Crippen LogP contribution in [0.5, 0.6) is 0 Å². The van der Waals surface area contributed by atoms with Crippen LogP contribution in [0.15, 0.2) is 53.5 Å². The first-order valence-electron chi connectivity index (χ1n) is 9.39. The summed E-state index contributed by atoms with van der Waals surface area (Å²) in [6, 6.07) is 10.8. The van der Waals surface area contributed by atoms with Gasteiger partial charge in [-0.2, -0.15) is 13.2 Å². The topological polar surface area (TPSA) is 65.5 Å². The summed E-state index contributed by atoms with van der Waals surface area (Å²) in [4.78, 5) is 15.9. The summed E-state index contributed by atoms with van der Waals surface area (Å²) in [5.41, 5.74) is 0.833. The SMILES string of the molecule is CN=C(NCCNC(=O)Cc1ccc(F)cc1)NCCc1ccc(C(F)(F)F)cc1.I. The lowest BCUT2D eigenvalue weighted by atomic mass is 10.1. The highest BCUT2D eigenvalue weighted by Crippen LogP contribution is 2.29. The lowest BCUT2D eigenvalue weighted by molar-refractivity contribution is -0.137. The molecule has 0 bridgehead atoms. The van der Waals surface area contributed by atoms with Crippen molar-refractivity contribution in [1.29, 1.82) is 0 Å². The summed E-state index contributed by atoms with van der Waals surface area (Å²) >= 11 is 0. The van der Waals surface area contributed by atoms with Crippen LogP contribution in [0.25, 0.3) is 0 Å². The van der Waals surface area contributed by atoms with Crippen molar-refractivity contribution in [2.75, 3.05) is 26.7 Å². The molecular formula is C21H25F4IN4O. The lowest BCUT2D eigenvalue weighted by Gasteiger charge is -2.13. The van der Waals surface area contributed by atoms with Gasteiger partial charge in [0.25, 0.3) is 0 Å². The van der Waals surface area contributed by atoms with Crippen molar-refractivity contribution in [3.8, 4) is 0 Å². The molecular weight excluding hydrogens is 527 g/mol. The molecule has 2 aromatic carbocycles. The van der Waals surface area contributed by atoms with E-state index in [1.165, 1.54) is 24.3 Å². The van der Waals surface area contributed by atoms with Crippen molar-refractivity contribution in [2.24, 2.45) is 4.99 Å². The number of aliphatic imine (C=N–C) groups is 1. The average Bonchev–Trinajstić information content (AvgIpc) is 2.71. The molecule has 170 valence electrons. The number of carbonyl (C=O) groups excluding carboxylic acids is 1. The monoisotopic (exact) mass is 552 g/mol. The molecule has 0 saturated heterocycles. The Kier molecular flexibility index (Phi) is 11.3. The molecule has 0 spiro atoms. The minimum Gasteiger partial charge on any atom is -0.356 e. The molecule has 0 atom stereocenters. The van der Waals surface area contributed by atoms with E-state index in [1.54, 1.807) is 19.2 Å². The van der Waals surface area contributed by atoms with Crippen molar-refractivity contribution in [2.45, 2.75) is 19.0 Å². The number of benzene rings is 2. The highest BCUT2D eigenvalue weighted by molar-refractivity contribution is 14.0. The highest BCUT2D eigenvalue weighted by Gasteiger charge is 2.29. The molecule has 2 rings (SSSR count). The van der Waals surface area contributed by atoms with E-state index in [0.29, 0.717) is 32.0 Å². The standard InChI is InChI=1S/C21H24F4N4O.HI/c1-26-20(28-11-10-15-2-6-17(7-3-15)21(23,24)25)29-13-12-27-19(30)14-16-4-8-18(22)9-5-16;/h2-9H,10-14H2,1H3,(H,27,30)(H2,26,28,29);1H. The Morgan fingerprint density at radius 1 is 0.871 bits per heavy atom. The first-order valence-corrected chi connectivity index (χ1v) is 9.39. The molecule has 0 unspecified atom stereocenters. The molecule has 0 heterocycles. The number of nitrogens with one attached hydrogen (secondary N) is 3. The zero-order chi connectivity index (χ0) is 22.0. The van der Waals surface area contributed by atoms with E-state index in [9.17, 15) is 22.4 Å². The minimum atomic E-state index is -4.34. The Morgan fingerprint density at radius 2 is 1.42 bits per heavy atom. The van der Waals surface area contributed by atoms with Gasteiger partial charge in [0.2, 0.25) is 5.91 Å². The number of alkyl halides is 3. The van der Waals surface area contributed by atoms with E-state index in [1.807, 2.05) is 0 Å². The number of nitrogens with zero attached hydrogens (tertiary/aromatic N) is 1. The zero-order valence-electron chi connectivity index (χ0n) is 16.9. The van der Waals surface area contributed by atoms with Gasteiger partial charge in [0.15, 0.2) is 5.96 Å². The molecule has 0 aliphatic carbocycles.